The fraction of sp³-hybridized carbons (Fsp3) is 0.133. The lowest BCUT2D eigenvalue weighted by Gasteiger charge is -2.11. The standard InChI is InChI=1S/C15H16N2O3S2/c1-21-12-9-7-11(8-10-12)16-15(18)13-5-3-4-6-14(13)17-22(2,19)20/h3-10,17H,1-2H3,(H,16,18). The normalized spacial score (nSPS) is 11.0. The lowest BCUT2D eigenvalue weighted by molar-refractivity contribution is 0.102. The Bertz CT molecular complexity index is 772. The second-order valence-electron chi connectivity index (χ2n) is 4.60. The number of sulfonamides is 1. The number of amides is 1. The fourth-order valence-electron chi connectivity index (χ4n) is 1.84. The highest BCUT2D eigenvalue weighted by molar-refractivity contribution is 7.98. The number of rotatable bonds is 5. The number of hydrogen-bond donors (Lipinski definition) is 2. The third kappa shape index (κ3) is 4.51. The maximum Gasteiger partial charge on any atom is 0.257 e. The van der Waals surface area contributed by atoms with Gasteiger partial charge < -0.3 is 5.32 Å². The molecule has 0 atom stereocenters. The number of carbonyl (C=O) groups is 1. The first-order chi connectivity index (χ1) is 10.4. The number of carbonyl (C=O) groups excluding carboxylic acids is 1. The van der Waals surface area contributed by atoms with E-state index in [1.807, 2.05) is 18.4 Å². The molecule has 116 valence electrons. The first kappa shape index (κ1) is 16.4. The Morgan fingerprint density at radius 1 is 1.05 bits per heavy atom. The van der Waals surface area contributed by atoms with Gasteiger partial charge in [0, 0.05) is 10.6 Å². The van der Waals surface area contributed by atoms with Crippen molar-refractivity contribution < 1.29 is 13.2 Å². The highest BCUT2D eigenvalue weighted by Crippen LogP contribution is 2.20. The highest BCUT2D eigenvalue weighted by atomic mass is 32.2. The van der Waals surface area contributed by atoms with Crippen LogP contribution in [0.5, 0.6) is 0 Å². The van der Waals surface area contributed by atoms with Crippen molar-refractivity contribution in [1.29, 1.82) is 0 Å². The molecule has 0 fully saturated rings. The lowest BCUT2D eigenvalue weighted by Crippen LogP contribution is -2.17. The number of hydrogen-bond acceptors (Lipinski definition) is 4. The van der Waals surface area contributed by atoms with Gasteiger partial charge in [-0.25, -0.2) is 8.42 Å². The van der Waals surface area contributed by atoms with Crippen molar-refractivity contribution >= 4 is 39.1 Å². The van der Waals surface area contributed by atoms with Gasteiger partial charge in [0.1, 0.15) is 0 Å². The number of anilines is 2. The molecule has 2 aromatic rings. The SMILES string of the molecule is CSc1ccc(NC(=O)c2ccccc2NS(C)(=O)=O)cc1. The van der Waals surface area contributed by atoms with Crippen molar-refractivity contribution in [2.75, 3.05) is 22.6 Å². The van der Waals surface area contributed by atoms with E-state index in [4.69, 9.17) is 0 Å². The minimum absolute atomic E-state index is 0.253. The summed E-state index contributed by atoms with van der Waals surface area (Å²) in [6.45, 7) is 0. The highest BCUT2D eigenvalue weighted by Gasteiger charge is 2.13. The van der Waals surface area contributed by atoms with Gasteiger partial charge in [0.2, 0.25) is 10.0 Å². The minimum Gasteiger partial charge on any atom is -0.322 e. The van der Waals surface area contributed by atoms with Gasteiger partial charge in [-0.3, -0.25) is 9.52 Å². The van der Waals surface area contributed by atoms with Crippen LogP contribution in [-0.4, -0.2) is 26.8 Å². The minimum atomic E-state index is -3.45. The maximum absolute atomic E-state index is 12.3. The Morgan fingerprint density at radius 3 is 2.27 bits per heavy atom. The van der Waals surface area contributed by atoms with E-state index in [1.165, 1.54) is 0 Å². The molecule has 0 spiro atoms. The van der Waals surface area contributed by atoms with E-state index in [0.717, 1.165) is 11.2 Å². The Hall–Kier alpha value is -1.99. The van der Waals surface area contributed by atoms with E-state index in [1.54, 1.807) is 48.2 Å². The first-order valence-corrected chi connectivity index (χ1v) is 9.53. The van der Waals surface area contributed by atoms with Crippen LogP contribution in [0, 0.1) is 0 Å². The molecule has 2 N–H and O–H groups in total. The summed E-state index contributed by atoms with van der Waals surface area (Å²) in [4.78, 5) is 13.4. The Labute approximate surface area is 134 Å². The number of nitrogens with one attached hydrogen (secondary N) is 2. The van der Waals surface area contributed by atoms with Gasteiger partial charge in [-0.05, 0) is 42.7 Å². The molecule has 7 heteroatoms. The summed E-state index contributed by atoms with van der Waals surface area (Å²) >= 11 is 1.61. The molecule has 2 rings (SSSR count). The molecule has 5 nitrogen and oxygen atoms in total. The van der Waals surface area contributed by atoms with Crippen LogP contribution in [0.15, 0.2) is 53.4 Å². The van der Waals surface area contributed by atoms with Crippen molar-refractivity contribution in [3.8, 4) is 0 Å². The number of thioether (sulfide) groups is 1. The van der Waals surface area contributed by atoms with Crippen LogP contribution in [-0.2, 0) is 10.0 Å². The second-order valence-corrected chi connectivity index (χ2v) is 7.23. The summed E-state index contributed by atoms with van der Waals surface area (Å²) in [6.07, 6.45) is 3.02. The predicted molar refractivity (Wildman–Crippen MR) is 91.1 cm³/mol. The molecule has 0 aliphatic rings. The second kappa shape index (κ2) is 6.85. The smallest absolute Gasteiger partial charge is 0.257 e. The van der Waals surface area contributed by atoms with Crippen LogP contribution in [0.3, 0.4) is 0 Å². The first-order valence-electron chi connectivity index (χ1n) is 6.41. The molecular formula is C15H16N2O3S2. The van der Waals surface area contributed by atoms with Crippen molar-refractivity contribution in [3.63, 3.8) is 0 Å². The predicted octanol–water partition coefficient (Wildman–Crippen LogP) is 3.03. The average Bonchev–Trinajstić information content (AvgIpc) is 2.47. The third-order valence-corrected chi connectivity index (χ3v) is 4.15. The Balaban J connectivity index is 2.22. The monoisotopic (exact) mass is 336 g/mol. The molecule has 0 heterocycles. The summed E-state index contributed by atoms with van der Waals surface area (Å²) in [5, 5.41) is 2.75. The molecule has 0 saturated heterocycles. The van der Waals surface area contributed by atoms with Gasteiger partial charge in [0.25, 0.3) is 5.91 Å². The molecule has 22 heavy (non-hydrogen) atoms. The van der Waals surface area contributed by atoms with Crippen LogP contribution in [0.25, 0.3) is 0 Å². The van der Waals surface area contributed by atoms with E-state index in [0.29, 0.717) is 5.69 Å². The summed E-state index contributed by atoms with van der Waals surface area (Å²) < 4.78 is 25.1. The van der Waals surface area contributed by atoms with Crippen LogP contribution in [0.1, 0.15) is 10.4 Å². The molecule has 0 bridgehead atoms. The van der Waals surface area contributed by atoms with Crippen molar-refractivity contribution in [3.05, 3.63) is 54.1 Å². The largest absolute Gasteiger partial charge is 0.322 e. The van der Waals surface area contributed by atoms with Gasteiger partial charge in [0.05, 0.1) is 17.5 Å². The van der Waals surface area contributed by atoms with Gasteiger partial charge in [-0.2, -0.15) is 0 Å². The molecule has 0 saturated carbocycles. The summed E-state index contributed by atoms with van der Waals surface area (Å²) in [5.74, 6) is -0.372. The van der Waals surface area contributed by atoms with Crippen molar-refractivity contribution in [2.24, 2.45) is 0 Å². The quantitative estimate of drug-likeness (QED) is 0.823. The average molecular weight is 336 g/mol. The molecule has 0 aliphatic heterocycles. The van der Waals surface area contributed by atoms with Crippen LogP contribution >= 0.6 is 11.8 Å². The zero-order valence-electron chi connectivity index (χ0n) is 12.2. The topological polar surface area (TPSA) is 75.3 Å². The van der Waals surface area contributed by atoms with E-state index in [9.17, 15) is 13.2 Å². The summed E-state index contributed by atoms with van der Waals surface area (Å²) in [7, 11) is -3.45. The molecule has 0 aromatic heterocycles. The molecular weight excluding hydrogens is 320 g/mol. The van der Waals surface area contributed by atoms with Crippen LogP contribution < -0.4 is 10.0 Å². The molecule has 1 amide bonds. The molecule has 0 unspecified atom stereocenters. The molecule has 0 radical (unpaired) electrons. The van der Waals surface area contributed by atoms with Crippen LogP contribution in [0.4, 0.5) is 11.4 Å². The Morgan fingerprint density at radius 2 is 1.68 bits per heavy atom. The van der Waals surface area contributed by atoms with E-state index in [-0.39, 0.29) is 17.2 Å². The van der Waals surface area contributed by atoms with Gasteiger partial charge >= 0.3 is 0 Å². The maximum atomic E-state index is 12.3. The van der Waals surface area contributed by atoms with Gasteiger partial charge in [-0.1, -0.05) is 12.1 Å². The molecule has 0 aliphatic carbocycles. The van der Waals surface area contributed by atoms with Gasteiger partial charge in [-0.15, -0.1) is 11.8 Å². The summed E-state index contributed by atoms with van der Waals surface area (Å²) in [6, 6.07) is 13.9. The molecule has 2 aromatic carbocycles. The zero-order chi connectivity index (χ0) is 16.2. The van der Waals surface area contributed by atoms with E-state index in [2.05, 4.69) is 10.0 Å². The Kier molecular flexibility index (Phi) is 5.10. The van der Waals surface area contributed by atoms with Gasteiger partial charge in [0.15, 0.2) is 0 Å². The fourth-order valence-corrected chi connectivity index (χ4v) is 2.83. The summed E-state index contributed by atoms with van der Waals surface area (Å²) in [5.41, 5.74) is 1.17. The van der Waals surface area contributed by atoms with E-state index < -0.39 is 10.0 Å². The van der Waals surface area contributed by atoms with Crippen molar-refractivity contribution in [2.45, 2.75) is 4.90 Å². The van der Waals surface area contributed by atoms with Crippen molar-refractivity contribution in [1.82, 2.24) is 0 Å². The van der Waals surface area contributed by atoms with Crippen LogP contribution in [0.2, 0.25) is 0 Å². The number of para-hydroxylation sites is 1. The lowest BCUT2D eigenvalue weighted by atomic mass is 10.1. The zero-order valence-corrected chi connectivity index (χ0v) is 13.8. The third-order valence-electron chi connectivity index (χ3n) is 2.81. The number of benzene rings is 2. The van der Waals surface area contributed by atoms with E-state index >= 15 is 0 Å².